The van der Waals surface area contributed by atoms with E-state index in [0.29, 0.717) is 5.41 Å². The van der Waals surface area contributed by atoms with Gasteiger partial charge in [-0.25, -0.2) is 13.2 Å². The van der Waals surface area contributed by atoms with Crippen LogP contribution in [-0.4, -0.2) is 61.9 Å². The molecule has 0 amide bonds. The first-order chi connectivity index (χ1) is 5.37. The van der Waals surface area contributed by atoms with Gasteiger partial charge in [0.1, 0.15) is 0 Å². The number of aliphatic hydroxyl groups is 1. The van der Waals surface area contributed by atoms with Gasteiger partial charge in [-0.1, -0.05) is 0 Å². The van der Waals surface area contributed by atoms with Gasteiger partial charge in [0.25, 0.3) is 0 Å². The Bertz CT molecular complexity index is 292. The molecule has 0 atom stereocenters. The molecule has 0 spiro atoms. The predicted octanol–water partition coefficient (Wildman–Crippen LogP) is -0.387. The molecule has 71 valence electrons. The minimum Gasteiger partial charge on any atom is -0.501 e. The first-order valence-corrected chi connectivity index (χ1v) is 5.10. The second-order valence-electron chi connectivity index (χ2n) is 2.05. The van der Waals surface area contributed by atoms with E-state index in [1.54, 1.807) is 6.92 Å². The van der Waals surface area contributed by atoms with Crippen LogP contribution >= 0.6 is 0 Å². The van der Waals surface area contributed by atoms with Crippen LogP contribution in [0.2, 0.25) is 0 Å². The fraction of sp³-hybridized carbons (Fsp3) is 0.500. The van der Waals surface area contributed by atoms with Crippen molar-refractivity contribution in [2.24, 2.45) is 0 Å². The zero-order valence-corrected chi connectivity index (χ0v) is 10.6. The van der Waals surface area contributed by atoms with E-state index >= 15 is 0 Å². The van der Waals surface area contributed by atoms with Gasteiger partial charge in [-0.3, -0.25) is 0 Å². The van der Waals surface area contributed by atoms with Crippen molar-refractivity contribution < 1.29 is 23.1 Å². The second kappa shape index (κ2) is 6.42. The van der Waals surface area contributed by atoms with Crippen LogP contribution in [0.1, 0.15) is 6.92 Å². The minimum atomic E-state index is -3.50. The number of aliphatic hydroxyl groups excluding tert-OH is 1. The van der Waals surface area contributed by atoms with Gasteiger partial charge >= 0.3 is 5.97 Å². The molecule has 0 saturated heterocycles. The van der Waals surface area contributed by atoms with Crippen LogP contribution in [0.4, 0.5) is 0 Å². The van der Waals surface area contributed by atoms with Crippen molar-refractivity contribution in [2.75, 3.05) is 12.9 Å². The molecular formula is C6H10NaO5S. The molecule has 0 fully saturated rings. The predicted molar refractivity (Wildman–Crippen MR) is 47.9 cm³/mol. The summed E-state index contributed by atoms with van der Waals surface area (Å²) in [7, 11) is -3.50. The molecule has 5 nitrogen and oxygen atoms in total. The van der Waals surface area contributed by atoms with Crippen molar-refractivity contribution in [3.63, 3.8) is 0 Å². The van der Waals surface area contributed by atoms with Crippen LogP contribution < -0.4 is 0 Å². The SMILES string of the molecule is CCOC(=O)C(O)=CS(C)(=O)=O.[Na]. The van der Waals surface area contributed by atoms with Crippen LogP contribution in [0, 0.1) is 0 Å². The Hall–Kier alpha value is -0.0400. The van der Waals surface area contributed by atoms with Gasteiger partial charge < -0.3 is 9.84 Å². The summed E-state index contributed by atoms with van der Waals surface area (Å²) in [5.41, 5.74) is 0. The Labute approximate surface area is 99.0 Å². The van der Waals surface area contributed by atoms with Gasteiger partial charge in [-0.2, -0.15) is 0 Å². The van der Waals surface area contributed by atoms with Crippen LogP contribution in [-0.2, 0) is 19.4 Å². The maximum Gasteiger partial charge on any atom is 0.374 e. The summed E-state index contributed by atoms with van der Waals surface area (Å²) in [4.78, 5) is 10.6. The molecule has 1 radical (unpaired) electrons. The fourth-order valence-electron chi connectivity index (χ4n) is 0.456. The zero-order valence-electron chi connectivity index (χ0n) is 7.77. The molecular weight excluding hydrogens is 207 g/mol. The van der Waals surface area contributed by atoms with Gasteiger partial charge in [-0.05, 0) is 6.92 Å². The Kier molecular flexibility index (Phi) is 7.62. The molecule has 0 aliphatic carbocycles. The number of esters is 1. The number of ether oxygens (including phenoxy) is 1. The van der Waals surface area contributed by atoms with Crippen molar-refractivity contribution in [1.82, 2.24) is 0 Å². The maximum atomic E-state index is 10.6. The zero-order chi connectivity index (χ0) is 9.78. The van der Waals surface area contributed by atoms with Gasteiger partial charge in [0.15, 0.2) is 9.84 Å². The van der Waals surface area contributed by atoms with E-state index in [1.165, 1.54) is 0 Å². The largest absolute Gasteiger partial charge is 0.501 e. The molecule has 0 bridgehead atoms. The molecule has 1 N–H and O–H groups in total. The normalized spacial score (nSPS) is 11.7. The fourth-order valence-corrected chi connectivity index (χ4v) is 0.958. The third-order valence-corrected chi connectivity index (χ3v) is 1.46. The topological polar surface area (TPSA) is 80.7 Å². The standard InChI is InChI=1S/C6H10O5S.Na/c1-3-11-6(8)5(7)4-12(2,9)10;/h4,7H,3H2,1-2H3;. The first kappa shape index (κ1) is 15.4. The summed E-state index contributed by atoms with van der Waals surface area (Å²) in [5, 5.41) is 9.24. The molecule has 0 heterocycles. The van der Waals surface area contributed by atoms with Crippen molar-refractivity contribution >= 4 is 45.4 Å². The van der Waals surface area contributed by atoms with Crippen LogP contribution in [0.5, 0.6) is 0 Å². The van der Waals surface area contributed by atoms with Crippen LogP contribution in [0.15, 0.2) is 11.2 Å². The third kappa shape index (κ3) is 8.29. The second-order valence-corrected chi connectivity index (χ2v) is 3.95. The van der Waals surface area contributed by atoms with Gasteiger partial charge in [0, 0.05) is 35.8 Å². The Morgan fingerprint density at radius 3 is 2.31 bits per heavy atom. The summed E-state index contributed by atoms with van der Waals surface area (Å²) in [5.74, 6) is -1.94. The smallest absolute Gasteiger partial charge is 0.374 e. The van der Waals surface area contributed by atoms with E-state index in [1.807, 2.05) is 0 Å². The van der Waals surface area contributed by atoms with Crippen molar-refractivity contribution in [2.45, 2.75) is 6.92 Å². The number of carbonyl (C=O) groups is 1. The number of sulfone groups is 1. The van der Waals surface area contributed by atoms with E-state index in [9.17, 15) is 13.2 Å². The molecule has 0 aromatic rings. The quantitative estimate of drug-likeness (QED) is 0.301. The molecule has 13 heavy (non-hydrogen) atoms. The third-order valence-electron chi connectivity index (χ3n) is 0.810. The van der Waals surface area contributed by atoms with Crippen molar-refractivity contribution in [1.29, 1.82) is 0 Å². The Morgan fingerprint density at radius 1 is 1.54 bits per heavy atom. The van der Waals surface area contributed by atoms with E-state index in [-0.39, 0.29) is 36.2 Å². The number of hydrogen-bond acceptors (Lipinski definition) is 5. The molecule has 7 heteroatoms. The van der Waals surface area contributed by atoms with Gasteiger partial charge in [-0.15, -0.1) is 0 Å². The molecule has 0 rings (SSSR count). The number of carbonyl (C=O) groups excluding carboxylic acids is 1. The summed E-state index contributed by atoms with van der Waals surface area (Å²) >= 11 is 0. The van der Waals surface area contributed by atoms with E-state index in [0.717, 1.165) is 6.26 Å². The Morgan fingerprint density at radius 2 is 2.00 bits per heavy atom. The molecule has 0 aliphatic heterocycles. The van der Waals surface area contributed by atoms with Gasteiger partial charge in [0.2, 0.25) is 5.76 Å². The summed E-state index contributed by atoms with van der Waals surface area (Å²) in [6.07, 6.45) is 0.864. The van der Waals surface area contributed by atoms with Crippen LogP contribution in [0.25, 0.3) is 0 Å². The average Bonchev–Trinajstić information content (AvgIpc) is 1.84. The summed E-state index contributed by atoms with van der Waals surface area (Å²) in [6, 6.07) is 0. The molecule has 0 aromatic heterocycles. The van der Waals surface area contributed by atoms with Crippen molar-refractivity contribution in [3.8, 4) is 0 Å². The molecule has 0 unspecified atom stereocenters. The molecule has 0 aromatic carbocycles. The first-order valence-electron chi connectivity index (χ1n) is 3.14. The molecule has 0 aliphatic rings. The monoisotopic (exact) mass is 217 g/mol. The van der Waals surface area contributed by atoms with E-state index < -0.39 is 21.6 Å². The van der Waals surface area contributed by atoms with Gasteiger partial charge in [0.05, 0.1) is 12.0 Å². The maximum absolute atomic E-state index is 10.6. The molecule has 0 saturated carbocycles. The summed E-state index contributed by atoms with van der Waals surface area (Å²) in [6.45, 7) is 1.63. The number of rotatable bonds is 3. The number of hydrogen-bond donors (Lipinski definition) is 1. The average molecular weight is 217 g/mol. The minimum absolute atomic E-state index is 0. The Balaban J connectivity index is 0. The van der Waals surface area contributed by atoms with Crippen molar-refractivity contribution in [3.05, 3.63) is 11.2 Å². The summed E-state index contributed by atoms with van der Waals surface area (Å²) < 4.78 is 25.3. The van der Waals surface area contributed by atoms with E-state index in [4.69, 9.17) is 5.11 Å². The van der Waals surface area contributed by atoms with E-state index in [2.05, 4.69) is 4.74 Å². The van der Waals surface area contributed by atoms with Crippen LogP contribution in [0.3, 0.4) is 0 Å².